The number of imidazole rings is 1. The zero-order valence-electron chi connectivity index (χ0n) is 13.1. The molecule has 2 heterocycles. The Kier molecular flexibility index (Phi) is 3.81. The number of para-hydroxylation sites is 2. The van der Waals surface area contributed by atoms with Gasteiger partial charge in [-0.3, -0.25) is 0 Å². The van der Waals surface area contributed by atoms with Gasteiger partial charge in [-0.2, -0.15) is 4.31 Å². The molecule has 130 valence electrons. The maximum atomic E-state index is 14.0. The van der Waals surface area contributed by atoms with Crippen molar-refractivity contribution < 1.29 is 17.2 Å². The predicted molar refractivity (Wildman–Crippen MR) is 88.3 cm³/mol. The lowest BCUT2D eigenvalue weighted by Crippen LogP contribution is -2.31. The number of nitrogens with zero attached hydrogens (tertiary/aromatic N) is 2. The highest BCUT2D eigenvalue weighted by atomic mass is 32.2. The van der Waals surface area contributed by atoms with Crippen LogP contribution in [0.1, 0.15) is 24.7 Å². The standard InChI is InChI=1S/C17H15F2N3O2S/c18-11-7-8-16(12(19)10-11)25(23,24)22-9-3-6-15(22)17-20-13-4-1-2-5-14(13)21-17/h1-2,4-5,7-8,10,15H,3,6,9H2,(H,20,21). The molecule has 5 nitrogen and oxygen atoms in total. The second-order valence-corrected chi connectivity index (χ2v) is 7.85. The summed E-state index contributed by atoms with van der Waals surface area (Å²) in [6.07, 6.45) is 1.23. The Morgan fingerprint density at radius 3 is 2.72 bits per heavy atom. The van der Waals surface area contributed by atoms with Crippen molar-refractivity contribution in [2.45, 2.75) is 23.8 Å². The molecule has 1 aliphatic rings. The molecule has 1 aromatic heterocycles. The molecule has 3 aromatic rings. The van der Waals surface area contributed by atoms with Gasteiger partial charge in [-0.25, -0.2) is 22.2 Å². The molecule has 1 aliphatic heterocycles. The first-order chi connectivity index (χ1) is 12.0. The van der Waals surface area contributed by atoms with Gasteiger partial charge in [-0.1, -0.05) is 12.1 Å². The summed E-state index contributed by atoms with van der Waals surface area (Å²) in [5.41, 5.74) is 1.56. The second-order valence-electron chi connectivity index (χ2n) is 5.99. The van der Waals surface area contributed by atoms with Gasteiger partial charge in [-0.05, 0) is 37.1 Å². The Hall–Kier alpha value is -2.32. The van der Waals surface area contributed by atoms with Crippen molar-refractivity contribution in [3.63, 3.8) is 0 Å². The van der Waals surface area contributed by atoms with E-state index in [-0.39, 0.29) is 6.54 Å². The van der Waals surface area contributed by atoms with Crippen LogP contribution in [-0.2, 0) is 10.0 Å². The molecule has 1 fully saturated rings. The van der Waals surface area contributed by atoms with Crippen molar-refractivity contribution >= 4 is 21.1 Å². The molecule has 1 unspecified atom stereocenters. The molecule has 0 amide bonds. The molecule has 0 aliphatic carbocycles. The average Bonchev–Trinajstić information content (AvgIpc) is 3.21. The van der Waals surface area contributed by atoms with Gasteiger partial charge in [0.05, 0.1) is 17.1 Å². The molecule has 1 N–H and O–H groups in total. The average molecular weight is 363 g/mol. The van der Waals surface area contributed by atoms with E-state index in [1.807, 2.05) is 24.3 Å². The topological polar surface area (TPSA) is 66.1 Å². The van der Waals surface area contributed by atoms with Crippen LogP contribution >= 0.6 is 0 Å². The first-order valence-corrected chi connectivity index (χ1v) is 9.32. The molecule has 0 radical (unpaired) electrons. The maximum absolute atomic E-state index is 14.0. The maximum Gasteiger partial charge on any atom is 0.246 e. The lowest BCUT2D eigenvalue weighted by molar-refractivity contribution is 0.382. The second kappa shape index (κ2) is 5.89. The van der Waals surface area contributed by atoms with Crippen LogP contribution in [0, 0.1) is 11.6 Å². The number of halogens is 2. The zero-order valence-corrected chi connectivity index (χ0v) is 13.9. The van der Waals surface area contributed by atoms with Crippen molar-refractivity contribution in [1.29, 1.82) is 0 Å². The largest absolute Gasteiger partial charge is 0.341 e. The lowest BCUT2D eigenvalue weighted by atomic mass is 10.2. The van der Waals surface area contributed by atoms with Crippen LogP contribution in [0.25, 0.3) is 11.0 Å². The highest BCUT2D eigenvalue weighted by Crippen LogP contribution is 2.36. The molecule has 1 atom stereocenters. The summed E-state index contributed by atoms with van der Waals surface area (Å²) < 4.78 is 54.1. The molecular weight excluding hydrogens is 348 g/mol. The van der Waals surface area contributed by atoms with Crippen molar-refractivity contribution in [1.82, 2.24) is 14.3 Å². The van der Waals surface area contributed by atoms with Gasteiger partial charge in [0.15, 0.2) is 0 Å². The van der Waals surface area contributed by atoms with Crippen LogP contribution in [-0.4, -0.2) is 29.2 Å². The van der Waals surface area contributed by atoms with E-state index in [0.717, 1.165) is 23.2 Å². The summed E-state index contributed by atoms with van der Waals surface area (Å²) in [4.78, 5) is 7.10. The van der Waals surface area contributed by atoms with Gasteiger partial charge >= 0.3 is 0 Å². The number of benzene rings is 2. The fourth-order valence-corrected chi connectivity index (χ4v) is 4.95. The summed E-state index contributed by atoms with van der Waals surface area (Å²) >= 11 is 0. The van der Waals surface area contributed by atoms with Gasteiger partial charge in [0.25, 0.3) is 0 Å². The lowest BCUT2D eigenvalue weighted by Gasteiger charge is -2.22. The fraction of sp³-hybridized carbons (Fsp3) is 0.235. The molecule has 0 spiro atoms. The molecule has 0 bridgehead atoms. The summed E-state index contributed by atoms with van der Waals surface area (Å²) in [7, 11) is -4.09. The number of sulfonamides is 1. The Morgan fingerprint density at radius 1 is 1.16 bits per heavy atom. The van der Waals surface area contributed by atoms with E-state index in [1.165, 1.54) is 4.31 Å². The van der Waals surface area contributed by atoms with Crippen LogP contribution in [0.15, 0.2) is 47.4 Å². The quantitative estimate of drug-likeness (QED) is 0.776. The SMILES string of the molecule is O=S(=O)(c1ccc(F)cc1F)N1CCCC1c1nc2ccccc2[nH]1. The Morgan fingerprint density at radius 2 is 1.96 bits per heavy atom. The normalized spacial score (nSPS) is 18.9. The van der Waals surface area contributed by atoms with Gasteiger partial charge < -0.3 is 4.98 Å². The molecule has 2 aromatic carbocycles. The van der Waals surface area contributed by atoms with E-state index in [2.05, 4.69) is 9.97 Å². The first-order valence-electron chi connectivity index (χ1n) is 7.88. The van der Waals surface area contributed by atoms with Crippen LogP contribution in [0.3, 0.4) is 0 Å². The van der Waals surface area contributed by atoms with E-state index in [9.17, 15) is 17.2 Å². The molecule has 25 heavy (non-hydrogen) atoms. The summed E-state index contributed by atoms with van der Waals surface area (Å²) in [5, 5.41) is 0. The number of hydrogen-bond acceptors (Lipinski definition) is 3. The zero-order chi connectivity index (χ0) is 17.6. The molecule has 1 saturated heterocycles. The molecular formula is C17H15F2N3O2S. The number of nitrogens with one attached hydrogen (secondary N) is 1. The third-order valence-corrected chi connectivity index (χ3v) is 6.35. The van der Waals surface area contributed by atoms with E-state index in [4.69, 9.17) is 0 Å². The third-order valence-electron chi connectivity index (χ3n) is 4.41. The number of hydrogen-bond donors (Lipinski definition) is 1. The number of fused-ring (bicyclic) bond motifs is 1. The Labute approximate surface area is 143 Å². The summed E-state index contributed by atoms with van der Waals surface area (Å²) in [5.74, 6) is -1.37. The number of rotatable bonds is 3. The van der Waals surface area contributed by atoms with Gasteiger partial charge in [-0.15, -0.1) is 0 Å². The summed E-state index contributed by atoms with van der Waals surface area (Å²) in [6, 6.07) is 9.41. The minimum Gasteiger partial charge on any atom is -0.341 e. The van der Waals surface area contributed by atoms with E-state index < -0.39 is 32.6 Å². The number of aromatic amines is 1. The van der Waals surface area contributed by atoms with Gasteiger partial charge in [0.2, 0.25) is 10.0 Å². The van der Waals surface area contributed by atoms with Crippen molar-refractivity contribution in [3.05, 3.63) is 59.9 Å². The fourth-order valence-electron chi connectivity index (χ4n) is 3.24. The summed E-state index contributed by atoms with van der Waals surface area (Å²) in [6.45, 7) is 0.265. The van der Waals surface area contributed by atoms with E-state index in [1.54, 1.807) is 0 Å². The minimum atomic E-state index is -4.09. The van der Waals surface area contributed by atoms with E-state index in [0.29, 0.717) is 24.7 Å². The Bertz CT molecular complexity index is 1020. The Balaban J connectivity index is 1.75. The number of H-pyrrole nitrogens is 1. The highest BCUT2D eigenvalue weighted by Gasteiger charge is 2.39. The smallest absolute Gasteiger partial charge is 0.246 e. The minimum absolute atomic E-state index is 0.265. The van der Waals surface area contributed by atoms with Crippen LogP contribution in [0.4, 0.5) is 8.78 Å². The monoisotopic (exact) mass is 363 g/mol. The highest BCUT2D eigenvalue weighted by molar-refractivity contribution is 7.89. The van der Waals surface area contributed by atoms with Crippen molar-refractivity contribution in [3.8, 4) is 0 Å². The molecule has 4 rings (SSSR count). The van der Waals surface area contributed by atoms with Crippen molar-refractivity contribution in [2.75, 3.05) is 6.54 Å². The first kappa shape index (κ1) is 16.2. The predicted octanol–water partition coefficient (Wildman–Crippen LogP) is 3.37. The van der Waals surface area contributed by atoms with Gasteiger partial charge in [0, 0.05) is 12.6 Å². The number of aromatic nitrogens is 2. The van der Waals surface area contributed by atoms with Crippen LogP contribution < -0.4 is 0 Å². The van der Waals surface area contributed by atoms with Crippen molar-refractivity contribution in [2.24, 2.45) is 0 Å². The molecule has 8 heteroatoms. The van der Waals surface area contributed by atoms with Crippen LogP contribution in [0.2, 0.25) is 0 Å². The third kappa shape index (κ3) is 2.71. The van der Waals surface area contributed by atoms with Gasteiger partial charge in [0.1, 0.15) is 22.4 Å². The molecule has 0 saturated carbocycles. The van der Waals surface area contributed by atoms with Crippen LogP contribution in [0.5, 0.6) is 0 Å². The van der Waals surface area contributed by atoms with E-state index >= 15 is 0 Å².